The molecule has 0 saturated carbocycles. The molecule has 0 aliphatic carbocycles. The molecule has 2 aliphatic heterocycles. The minimum atomic E-state index is -0.893. The zero-order valence-corrected chi connectivity index (χ0v) is 33.4. The lowest BCUT2D eigenvalue weighted by molar-refractivity contribution is -0.135. The average Bonchev–Trinajstić information content (AvgIpc) is 3.91. The van der Waals surface area contributed by atoms with E-state index in [1.165, 1.54) is 19.3 Å². The van der Waals surface area contributed by atoms with Gasteiger partial charge in [-0.15, -0.1) is 0 Å². The third kappa shape index (κ3) is 14.5. The summed E-state index contributed by atoms with van der Waals surface area (Å²) in [5.41, 5.74) is 1.10. The summed E-state index contributed by atoms with van der Waals surface area (Å²) in [6, 6.07) is 17.9. The van der Waals surface area contributed by atoms with Gasteiger partial charge in [0.1, 0.15) is 11.4 Å². The Morgan fingerprint density at radius 1 is 0.741 bits per heavy atom. The van der Waals surface area contributed by atoms with Gasteiger partial charge >= 0.3 is 0 Å². The van der Waals surface area contributed by atoms with Crippen LogP contribution in [-0.2, 0) is 41.6 Å². The van der Waals surface area contributed by atoms with Crippen LogP contribution in [0.3, 0.4) is 0 Å². The number of amides is 2. The third-order valence-electron chi connectivity index (χ3n) is 10.8. The Hall–Kier alpha value is -3.69. The number of nitrogens with zero attached hydrogens (tertiary/aromatic N) is 1. The zero-order chi connectivity index (χ0) is 39.1. The van der Waals surface area contributed by atoms with Crippen LogP contribution in [-0.4, -0.2) is 78.0 Å². The Morgan fingerprint density at radius 2 is 1.30 bits per heavy atom. The lowest BCUT2D eigenvalue weighted by Crippen LogP contribution is -2.50. The van der Waals surface area contributed by atoms with Crippen molar-refractivity contribution in [1.82, 2.24) is 15.5 Å². The predicted octanol–water partition coefficient (Wildman–Crippen LogP) is 6.70. The molecule has 2 saturated heterocycles. The van der Waals surface area contributed by atoms with E-state index in [1.807, 2.05) is 88.4 Å². The van der Waals surface area contributed by atoms with Gasteiger partial charge in [0.25, 0.3) is 0 Å². The molecular weight excluding hydrogens is 679 g/mol. The second-order valence-electron chi connectivity index (χ2n) is 16.8. The molecule has 9 heteroatoms. The highest BCUT2D eigenvalue weighted by Crippen LogP contribution is 2.30. The van der Waals surface area contributed by atoms with E-state index in [0.717, 1.165) is 37.2 Å². The Bertz CT molecular complexity index is 1500. The van der Waals surface area contributed by atoms with Gasteiger partial charge in [-0.25, -0.2) is 0 Å². The number of nitrogens with one attached hydrogen (secondary N) is 2. The van der Waals surface area contributed by atoms with Crippen molar-refractivity contribution in [2.24, 2.45) is 23.7 Å². The van der Waals surface area contributed by atoms with Gasteiger partial charge in [-0.2, -0.15) is 0 Å². The number of epoxide rings is 1. The van der Waals surface area contributed by atoms with Crippen LogP contribution < -0.4 is 10.6 Å². The standard InChI is InChI=1S/C45H65N3O6/c1-32(2)26-39(46-43(52)36(22-21-34-16-9-6-10-17-34)29-38(49)20-15-25-48-23-13-8-14-24-48)41(50)30-37(28-35-18-11-7-12-19-35)44(53)47-40(27-33(3)4)42(51)45(5)31-54-45/h6-7,9-12,16-19,32-33,36-37,39-40H,8,13-15,20-31H2,1-5H3,(H,46,52)(H,47,53)/t36-,37-,39+,40+,45-/m1/s1. The predicted molar refractivity (Wildman–Crippen MR) is 213 cm³/mol. The van der Waals surface area contributed by atoms with E-state index < -0.39 is 29.5 Å². The summed E-state index contributed by atoms with van der Waals surface area (Å²) in [6.07, 6.45) is 7.23. The number of piperidine rings is 1. The van der Waals surface area contributed by atoms with Crippen molar-refractivity contribution in [1.29, 1.82) is 0 Å². The van der Waals surface area contributed by atoms with Crippen molar-refractivity contribution < 1.29 is 28.7 Å². The first-order chi connectivity index (χ1) is 25.8. The minimum absolute atomic E-state index is 0.0718. The molecule has 9 nitrogen and oxygen atoms in total. The van der Waals surface area contributed by atoms with Crippen molar-refractivity contribution in [3.8, 4) is 0 Å². The molecule has 2 aliphatic rings. The molecule has 4 rings (SSSR count). The first-order valence-corrected chi connectivity index (χ1v) is 20.5. The highest BCUT2D eigenvalue weighted by Gasteiger charge is 2.50. The molecule has 5 atom stereocenters. The molecule has 0 unspecified atom stereocenters. The van der Waals surface area contributed by atoms with Crippen LogP contribution in [0, 0.1) is 23.7 Å². The first-order valence-electron chi connectivity index (χ1n) is 20.5. The van der Waals surface area contributed by atoms with Crippen LogP contribution in [0.5, 0.6) is 0 Å². The van der Waals surface area contributed by atoms with Gasteiger partial charge in [-0.05, 0) is 101 Å². The molecule has 0 bridgehead atoms. The van der Waals surface area contributed by atoms with Crippen LogP contribution in [0.25, 0.3) is 0 Å². The molecule has 0 spiro atoms. The Morgan fingerprint density at radius 3 is 1.89 bits per heavy atom. The average molecular weight is 744 g/mol. The van der Waals surface area contributed by atoms with E-state index in [-0.39, 0.29) is 53.8 Å². The van der Waals surface area contributed by atoms with E-state index in [4.69, 9.17) is 4.74 Å². The Labute approximate surface area is 323 Å². The number of hydrogen-bond donors (Lipinski definition) is 2. The fourth-order valence-electron chi connectivity index (χ4n) is 7.56. The monoisotopic (exact) mass is 743 g/mol. The van der Waals surface area contributed by atoms with E-state index in [1.54, 1.807) is 6.92 Å². The van der Waals surface area contributed by atoms with Crippen LogP contribution in [0.2, 0.25) is 0 Å². The summed E-state index contributed by atoms with van der Waals surface area (Å²) >= 11 is 0. The van der Waals surface area contributed by atoms with E-state index >= 15 is 0 Å². The maximum Gasteiger partial charge on any atom is 0.224 e. The first kappa shape index (κ1) is 43.0. The van der Waals surface area contributed by atoms with Crippen molar-refractivity contribution in [3.63, 3.8) is 0 Å². The summed E-state index contributed by atoms with van der Waals surface area (Å²) in [5.74, 6) is -2.05. The molecule has 2 aromatic rings. The molecule has 2 amide bonds. The Balaban J connectivity index is 1.48. The highest BCUT2D eigenvalue weighted by molar-refractivity contribution is 5.98. The minimum Gasteiger partial charge on any atom is -0.361 e. The molecule has 2 N–H and O–H groups in total. The number of aryl methyl sites for hydroxylation is 1. The van der Waals surface area contributed by atoms with Gasteiger partial charge in [0.15, 0.2) is 11.6 Å². The van der Waals surface area contributed by atoms with Crippen LogP contribution >= 0.6 is 0 Å². The molecule has 54 heavy (non-hydrogen) atoms. The largest absolute Gasteiger partial charge is 0.361 e. The molecule has 0 aromatic heterocycles. The van der Waals surface area contributed by atoms with Gasteiger partial charge in [0.2, 0.25) is 11.8 Å². The molecule has 2 fully saturated rings. The van der Waals surface area contributed by atoms with Crippen molar-refractivity contribution >= 4 is 29.2 Å². The normalized spacial score (nSPS) is 19.5. The number of Topliss-reactive ketones (excluding diaryl/α,β-unsaturated/α-hetero) is 3. The second-order valence-corrected chi connectivity index (χ2v) is 16.8. The van der Waals surface area contributed by atoms with Gasteiger partial charge in [0, 0.05) is 31.1 Å². The number of carbonyl (C=O) groups excluding carboxylic acids is 5. The van der Waals surface area contributed by atoms with E-state index in [0.29, 0.717) is 45.1 Å². The quantitative estimate of drug-likeness (QED) is 0.115. The summed E-state index contributed by atoms with van der Waals surface area (Å²) in [6.45, 7) is 13.1. The maximum atomic E-state index is 14.2. The van der Waals surface area contributed by atoms with Crippen LogP contribution in [0.4, 0.5) is 0 Å². The molecular formula is C45H65N3O6. The lowest BCUT2D eigenvalue weighted by Gasteiger charge is -2.27. The van der Waals surface area contributed by atoms with Crippen molar-refractivity contribution in [3.05, 3.63) is 71.8 Å². The zero-order valence-electron chi connectivity index (χ0n) is 33.4. The number of ketones is 3. The van der Waals surface area contributed by atoms with Gasteiger partial charge in [-0.3, -0.25) is 24.0 Å². The maximum absolute atomic E-state index is 14.2. The van der Waals surface area contributed by atoms with Crippen molar-refractivity contribution in [2.45, 2.75) is 129 Å². The smallest absolute Gasteiger partial charge is 0.224 e. The van der Waals surface area contributed by atoms with Gasteiger partial charge < -0.3 is 20.3 Å². The highest BCUT2D eigenvalue weighted by atomic mass is 16.6. The summed E-state index contributed by atoms with van der Waals surface area (Å²) in [5, 5.41) is 6.07. The molecule has 2 aromatic carbocycles. The van der Waals surface area contributed by atoms with Crippen LogP contribution in [0.15, 0.2) is 60.7 Å². The second kappa shape index (κ2) is 21.4. The fourth-order valence-corrected chi connectivity index (χ4v) is 7.56. The van der Waals surface area contributed by atoms with E-state index in [9.17, 15) is 24.0 Å². The number of ether oxygens (including phenoxy) is 1. The molecule has 296 valence electrons. The fraction of sp³-hybridized carbons (Fsp3) is 0.622. The number of hydrogen-bond acceptors (Lipinski definition) is 7. The topological polar surface area (TPSA) is 125 Å². The lowest BCUT2D eigenvalue weighted by atomic mass is 9.87. The number of rotatable bonds is 24. The Kier molecular flexibility index (Phi) is 17.1. The van der Waals surface area contributed by atoms with Gasteiger partial charge in [-0.1, -0.05) is 94.8 Å². The number of benzene rings is 2. The summed E-state index contributed by atoms with van der Waals surface area (Å²) in [7, 11) is 0. The third-order valence-corrected chi connectivity index (χ3v) is 10.8. The number of likely N-dealkylation sites (tertiary alicyclic amines) is 1. The molecule has 0 radical (unpaired) electrons. The van der Waals surface area contributed by atoms with Gasteiger partial charge in [0.05, 0.1) is 18.7 Å². The number of carbonyl (C=O) groups is 5. The van der Waals surface area contributed by atoms with Crippen molar-refractivity contribution in [2.75, 3.05) is 26.2 Å². The molecule has 2 heterocycles. The summed E-state index contributed by atoms with van der Waals surface area (Å²) < 4.78 is 5.44. The van der Waals surface area contributed by atoms with Crippen LogP contribution in [0.1, 0.15) is 110 Å². The summed E-state index contributed by atoms with van der Waals surface area (Å²) in [4.78, 5) is 71.5. The van der Waals surface area contributed by atoms with E-state index in [2.05, 4.69) is 15.5 Å². The SMILES string of the molecule is CC(C)C[C@H](NC(=O)[C@H](CCc1ccccc1)CC(=O)CCCN1CCCCC1)C(=O)C[C@@H](Cc1ccccc1)C(=O)N[C@@H](CC(C)C)C(=O)[C@@]1(C)CO1.